The highest BCUT2D eigenvalue weighted by atomic mass is 16.5. The molecule has 0 aliphatic carbocycles. The Labute approximate surface area is 194 Å². The molecule has 0 spiro atoms. The van der Waals surface area contributed by atoms with E-state index in [1.54, 1.807) is 42.3 Å². The molecule has 2 atom stereocenters. The van der Waals surface area contributed by atoms with Crippen molar-refractivity contribution in [1.82, 2.24) is 40.0 Å². The maximum atomic E-state index is 12.4. The van der Waals surface area contributed by atoms with Gasteiger partial charge in [0.1, 0.15) is 5.69 Å². The average molecular weight is 461 g/mol. The standard InChI is InChI=1S/C22H23N9O3/c1-13(18-12-24-29-31(18)3)25-21-23-9-7-16(27-21)14-5-4-6-15(26-14)17-11-19(34-28-17)22(33)8-10-30(2)20(22)32/h4-7,9,11-13,33H,8,10H2,1-3H3,(H,23,25,27)/t13-,22-/m1/s1. The lowest BCUT2D eigenvalue weighted by Crippen LogP contribution is -2.35. The quantitative estimate of drug-likeness (QED) is 0.433. The van der Waals surface area contributed by atoms with Gasteiger partial charge in [0, 0.05) is 39.3 Å². The summed E-state index contributed by atoms with van der Waals surface area (Å²) in [6.07, 6.45) is 3.58. The van der Waals surface area contributed by atoms with Crippen LogP contribution in [0.5, 0.6) is 0 Å². The summed E-state index contributed by atoms with van der Waals surface area (Å²) in [5, 5.41) is 25.9. The van der Waals surface area contributed by atoms with Gasteiger partial charge in [0.2, 0.25) is 11.5 Å². The second-order valence-electron chi connectivity index (χ2n) is 8.24. The Morgan fingerprint density at radius 3 is 2.62 bits per heavy atom. The monoisotopic (exact) mass is 461 g/mol. The number of rotatable bonds is 6. The van der Waals surface area contributed by atoms with Gasteiger partial charge in [-0.2, -0.15) is 0 Å². The molecule has 0 unspecified atom stereocenters. The van der Waals surface area contributed by atoms with Crippen LogP contribution in [0.3, 0.4) is 0 Å². The Kier molecular flexibility index (Phi) is 5.28. The molecule has 5 rings (SSSR count). The summed E-state index contributed by atoms with van der Waals surface area (Å²) in [4.78, 5) is 27.4. The third-order valence-electron chi connectivity index (χ3n) is 5.90. The minimum absolute atomic E-state index is 0.105. The topological polar surface area (TPSA) is 148 Å². The van der Waals surface area contributed by atoms with Gasteiger partial charge in [-0.25, -0.2) is 15.0 Å². The van der Waals surface area contributed by atoms with Gasteiger partial charge in [-0.15, -0.1) is 5.10 Å². The second kappa shape index (κ2) is 8.30. The zero-order valence-corrected chi connectivity index (χ0v) is 18.9. The van der Waals surface area contributed by atoms with Crippen LogP contribution in [-0.2, 0) is 17.4 Å². The van der Waals surface area contributed by atoms with Gasteiger partial charge in [-0.3, -0.25) is 9.48 Å². The summed E-state index contributed by atoms with van der Waals surface area (Å²) >= 11 is 0. The van der Waals surface area contributed by atoms with Crippen LogP contribution in [0.15, 0.2) is 47.2 Å². The van der Waals surface area contributed by atoms with Crippen molar-refractivity contribution < 1.29 is 14.4 Å². The summed E-state index contributed by atoms with van der Waals surface area (Å²) in [6, 6.07) is 8.64. The van der Waals surface area contributed by atoms with Crippen LogP contribution in [0.2, 0.25) is 0 Å². The van der Waals surface area contributed by atoms with E-state index in [1.807, 2.05) is 26.1 Å². The molecule has 1 aliphatic rings. The van der Waals surface area contributed by atoms with E-state index in [9.17, 15) is 9.90 Å². The van der Waals surface area contributed by atoms with E-state index < -0.39 is 11.5 Å². The van der Waals surface area contributed by atoms with Crippen molar-refractivity contribution in [2.45, 2.75) is 25.0 Å². The van der Waals surface area contributed by atoms with E-state index in [2.05, 4.69) is 35.7 Å². The summed E-state index contributed by atoms with van der Waals surface area (Å²) in [5.74, 6) is 0.137. The summed E-state index contributed by atoms with van der Waals surface area (Å²) in [7, 11) is 3.46. The molecule has 1 fully saturated rings. The van der Waals surface area contributed by atoms with Crippen molar-refractivity contribution in [2.24, 2.45) is 7.05 Å². The molecule has 0 aromatic carbocycles. The molecule has 2 N–H and O–H groups in total. The molecular weight excluding hydrogens is 438 g/mol. The highest BCUT2D eigenvalue weighted by Gasteiger charge is 2.48. The predicted molar refractivity (Wildman–Crippen MR) is 120 cm³/mol. The molecule has 1 amide bonds. The number of nitrogens with one attached hydrogen (secondary N) is 1. The van der Waals surface area contributed by atoms with E-state index in [0.717, 1.165) is 5.69 Å². The van der Waals surface area contributed by atoms with E-state index in [4.69, 9.17) is 4.52 Å². The number of amides is 1. The first-order valence-corrected chi connectivity index (χ1v) is 10.7. The second-order valence-corrected chi connectivity index (χ2v) is 8.24. The predicted octanol–water partition coefficient (Wildman–Crippen LogP) is 1.54. The Morgan fingerprint density at radius 2 is 1.91 bits per heavy atom. The fourth-order valence-corrected chi connectivity index (χ4v) is 3.92. The Bertz CT molecular complexity index is 1350. The van der Waals surface area contributed by atoms with Crippen LogP contribution in [0.4, 0.5) is 5.95 Å². The Hall–Kier alpha value is -4.19. The van der Waals surface area contributed by atoms with Crippen molar-refractivity contribution in [3.8, 4) is 22.8 Å². The number of aliphatic hydroxyl groups is 1. The number of aryl methyl sites for hydroxylation is 1. The number of anilines is 1. The minimum atomic E-state index is -1.70. The van der Waals surface area contributed by atoms with Crippen LogP contribution in [0.25, 0.3) is 22.8 Å². The molecule has 0 radical (unpaired) electrons. The molecule has 4 aromatic rings. The van der Waals surface area contributed by atoms with Gasteiger partial charge < -0.3 is 19.8 Å². The van der Waals surface area contributed by atoms with Crippen molar-refractivity contribution in [3.05, 3.63) is 54.2 Å². The molecule has 1 aliphatic heterocycles. The highest BCUT2D eigenvalue weighted by Crippen LogP contribution is 2.34. The molecule has 5 heterocycles. The number of carbonyl (C=O) groups is 1. The first kappa shape index (κ1) is 21.6. The maximum Gasteiger partial charge on any atom is 0.262 e. The zero-order valence-electron chi connectivity index (χ0n) is 18.9. The van der Waals surface area contributed by atoms with Gasteiger partial charge in [0.25, 0.3) is 5.91 Å². The van der Waals surface area contributed by atoms with Gasteiger partial charge in [0.05, 0.1) is 35.0 Å². The maximum absolute atomic E-state index is 12.4. The molecule has 174 valence electrons. The number of hydrogen-bond donors (Lipinski definition) is 2. The molecule has 4 aromatic heterocycles. The smallest absolute Gasteiger partial charge is 0.262 e. The summed E-state index contributed by atoms with van der Waals surface area (Å²) in [6.45, 7) is 2.41. The van der Waals surface area contributed by atoms with Crippen LogP contribution < -0.4 is 5.32 Å². The fourth-order valence-electron chi connectivity index (χ4n) is 3.92. The third-order valence-corrected chi connectivity index (χ3v) is 5.90. The van der Waals surface area contributed by atoms with E-state index >= 15 is 0 Å². The lowest BCUT2D eigenvalue weighted by Gasteiger charge is -2.16. The molecule has 0 bridgehead atoms. The molecule has 34 heavy (non-hydrogen) atoms. The van der Waals surface area contributed by atoms with Crippen LogP contribution in [0, 0.1) is 0 Å². The minimum Gasteiger partial charge on any atom is -0.373 e. The average Bonchev–Trinajstić information content (AvgIpc) is 3.57. The molecule has 12 nitrogen and oxygen atoms in total. The number of aromatic nitrogens is 7. The fraction of sp³-hybridized carbons (Fsp3) is 0.318. The number of likely N-dealkylation sites (tertiary alicyclic amines) is 1. The molecular formula is C22H23N9O3. The first-order valence-electron chi connectivity index (χ1n) is 10.7. The molecule has 12 heteroatoms. The van der Waals surface area contributed by atoms with Crippen molar-refractivity contribution >= 4 is 11.9 Å². The number of likely N-dealkylation sites (N-methyl/N-ethyl adjacent to an activating group) is 1. The third kappa shape index (κ3) is 3.77. The summed E-state index contributed by atoms with van der Waals surface area (Å²) in [5.41, 5.74) is 1.35. The molecule has 0 saturated carbocycles. The Balaban J connectivity index is 1.39. The van der Waals surface area contributed by atoms with Gasteiger partial charge in [0.15, 0.2) is 5.76 Å². The Morgan fingerprint density at radius 1 is 1.15 bits per heavy atom. The van der Waals surface area contributed by atoms with Crippen molar-refractivity contribution in [3.63, 3.8) is 0 Å². The van der Waals surface area contributed by atoms with Crippen molar-refractivity contribution in [1.29, 1.82) is 0 Å². The van der Waals surface area contributed by atoms with Gasteiger partial charge in [-0.1, -0.05) is 16.4 Å². The van der Waals surface area contributed by atoms with E-state index in [1.165, 1.54) is 4.90 Å². The SMILES string of the molecule is C[C@@H](Nc1nccc(-c2cccc(-c3cc([C@]4(O)CCN(C)C4=O)on3)n2)n1)c1cnnn1C. The lowest BCUT2D eigenvalue weighted by molar-refractivity contribution is -0.144. The van der Waals surface area contributed by atoms with Gasteiger partial charge in [-0.05, 0) is 25.1 Å². The molecule has 1 saturated heterocycles. The largest absolute Gasteiger partial charge is 0.373 e. The number of hydrogen-bond acceptors (Lipinski definition) is 10. The zero-order chi connectivity index (χ0) is 23.9. The van der Waals surface area contributed by atoms with Crippen LogP contribution in [-0.4, -0.2) is 64.6 Å². The highest BCUT2D eigenvalue weighted by molar-refractivity contribution is 5.87. The van der Waals surface area contributed by atoms with E-state index in [-0.39, 0.29) is 18.2 Å². The van der Waals surface area contributed by atoms with Crippen molar-refractivity contribution in [2.75, 3.05) is 18.9 Å². The number of nitrogens with zero attached hydrogens (tertiary/aromatic N) is 8. The lowest BCUT2D eigenvalue weighted by atomic mass is 9.98. The van der Waals surface area contributed by atoms with Crippen LogP contribution >= 0.6 is 0 Å². The number of carbonyl (C=O) groups excluding carboxylic acids is 1. The van der Waals surface area contributed by atoms with Gasteiger partial charge >= 0.3 is 0 Å². The summed E-state index contributed by atoms with van der Waals surface area (Å²) < 4.78 is 7.03. The van der Waals surface area contributed by atoms with E-state index in [0.29, 0.717) is 35.3 Å². The first-order chi connectivity index (χ1) is 16.3. The normalized spacial score (nSPS) is 18.9. The number of pyridine rings is 1. The van der Waals surface area contributed by atoms with Crippen LogP contribution in [0.1, 0.15) is 30.8 Å².